The number of benzene rings is 1. The Labute approximate surface area is 124 Å². The van der Waals surface area contributed by atoms with E-state index in [4.69, 9.17) is 9.40 Å². The van der Waals surface area contributed by atoms with E-state index < -0.39 is 0 Å². The first kappa shape index (κ1) is 13.9. The van der Waals surface area contributed by atoms with E-state index in [2.05, 4.69) is 35.0 Å². The average molecular weight is 283 g/mol. The average Bonchev–Trinajstić information content (AvgIpc) is 3.14. The molecular weight excluding hydrogens is 262 g/mol. The first-order chi connectivity index (χ1) is 10.3. The zero-order chi connectivity index (χ0) is 14.7. The Morgan fingerprint density at radius 1 is 1.29 bits per heavy atom. The first-order valence-corrected chi connectivity index (χ1v) is 7.47. The number of hydrogen-bond acceptors (Lipinski definition) is 3. The van der Waals surface area contributed by atoms with Crippen LogP contribution in [-0.2, 0) is 13.0 Å². The smallest absolute Gasteiger partial charge is 0.111 e. The number of nitrogens with one attached hydrogen (secondary N) is 1. The van der Waals surface area contributed by atoms with Gasteiger partial charge in [-0.3, -0.25) is 0 Å². The highest BCUT2D eigenvalue weighted by Crippen LogP contribution is 2.22. The molecule has 0 spiro atoms. The number of hydrogen-bond donors (Lipinski definition) is 1. The Balaban J connectivity index is 1.97. The molecular formula is C17H21N3O. The van der Waals surface area contributed by atoms with E-state index in [0.29, 0.717) is 0 Å². The summed E-state index contributed by atoms with van der Waals surface area (Å²) in [5, 5.41) is 3.35. The van der Waals surface area contributed by atoms with Crippen LogP contribution in [0.3, 0.4) is 0 Å². The molecule has 0 saturated heterocycles. The minimum absolute atomic E-state index is 0.219. The minimum atomic E-state index is 0.219. The molecule has 0 radical (unpaired) electrons. The lowest BCUT2D eigenvalue weighted by Gasteiger charge is -2.15. The summed E-state index contributed by atoms with van der Waals surface area (Å²) in [7, 11) is 1.98. The van der Waals surface area contributed by atoms with Gasteiger partial charge in [-0.25, -0.2) is 4.98 Å². The van der Waals surface area contributed by atoms with Gasteiger partial charge < -0.3 is 14.3 Å². The largest absolute Gasteiger partial charge is 0.472 e. The molecule has 21 heavy (non-hydrogen) atoms. The maximum Gasteiger partial charge on any atom is 0.111 e. The van der Waals surface area contributed by atoms with Crippen LogP contribution < -0.4 is 5.32 Å². The van der Waals surface area contributed by atoms with E-state index in [9.17, 15) is 0 Å². The molecule has 110 valence electrons. The molecule has 3 rings (SSSR count). The molecule has 0 aliphatic rings. The van der Waals surface area contributed by atoms with Gasteiger partial charge in [0.15, 0.2) is 0 Å². The first-order valence-electron chi connectivity index (χ1n) is 7.47. The topological polar surface area (TPSA) is 43.0 Å². The molecule has 0 amide bonds. The molecule has 0 aliphatic carbocycles. The summed E-state index contributed by atoms with van der Waals surface area (Å²) in [6.45, 7) is 3.20. The third-order valence-corrected chi connectivity index (χ3v) is 3.86. The van der Waals surface area contributed by atoms with E-state index in [1.165, 1.54) is 5.52 Å². The van der Waals surface area contributed by atoms with Crippen LogP contribution in [0.25, 0.3) is 11.0 Å². The molecule has 4 heteroatoms. The monoisotopic (exact) mass is 283 g/mol. The van der Waals surface area contributed by atoms with Crippen molar-refractivity contribution in [3.63, 3.8) is 0 Å². The van der Waals surface area contributed by atoms with Crippen LogP contribution in [0, 0.1) is 0 Å². The standard InChI is InChI=1S/C17H21N3O/c1-3-9-20-16-7-5-4-6-14(16)19-17(20)11-15(18-2)13-8-10-21-12-13/h4-8,10,12,15,18H,3,9,11H2,1-2H3. The van der Waals surface area contributed by atoms with Crippen LogP contribution in [0.1, 0.15) is 30.8 Å². The van der Waals surface area contributed by atoms with Crippen molar-refractivity contribution < 1.29 is 4.42 Å². The fourth-order valence-electron chi connectivity index (χ4n) is 2.80. The molecule has 1 unspecified atom stereocenters. The number of rotatable bonds is 6. The molecule has 2 heterocycles. The number of aryl methyl sites for hydroxylation is 1. The highest BCUT2D eigenvalue weighted by atomic mass is 16.3. The maximum atomic E-state index is 5.20. The molecule has 0 bridgehead atoms. The van der Waals surface area contributed by atoms with Crippen molar-refractivity contribution in [2.45, 2.75) is 32.4 Å². The minimum Gasteiger partial charge on any atom is -0.472 e. The molecule has 4 nitrogen and oxygen atoms in total. The number of para-hydroxylation sites is 2. The van der Waals surface area contributed by atoms with Gasteiger partial charge in [-0.1, -0.05) is 19.1 Å². The molecule has 0 fully saturated rings. The fourth-order valence-corrected chi connectivity index (χ4v) is 2.80. The van der Waals surface area contributed by atoms with Crippen molar-refractivity contribution in [2.24, 2.45) is 0 Å². The Morgan fingerprint density at radius 3 is 2.86 bits per heavy atom. The van der Waals surface area contributed by atoms with Gasteiger partial charge >= 0.3 is 0 Å². The van der Waals surface area contributed by atoms with Crippen molar-refractivity contribution in [1.82, 2.24) is 14.9 Å². The van der Waals surface area contributed by atoms with Gasteiger partial charge in [0.2, 0.25) is 0 Å². The van der Waals surface area contributed by atoms with Crippen LogP contribution >= 0.6 is 0 Å². The summed E-state index contributed by atoms with van der Waals surface area (Å²) < 4.78 is 7.54. The summed E-state index contributed by atoms with van der Waals surface area (Å²) in [4.78, 5) is 4.82. The molecule has 1 aromatic carbocycles. The molecule has 3 aromatic rings. The molecule has 2 aromatic heterocycles. The van der Waals surface area contributed by atoms with Gasteiger partial charge in [0.1, 0.15) is 5.82 Å². The molecule has 0 aliphatic heterocycles. The summed E-state index contributed by atoms with van der Waals surface area (Å²) in [5.74, 6) is 1.12. The lowest BCUT2D eigenvalue weighted by atomic mass is 10.1. The normalized spacial score (nSPS) is 12.9. The Kier molecular flexibility index (Phi) is 4.06. The van der Waals surface area contributed by atoms with Gasteiger partial charge in [0.05, 0.1) is 23.6 Å². The van der Waals surface area contributed by atoms with E-state index >= 15 is 0 Å². The maximum absolute atomic E-state index is 5.20. The van der Waals surface area contributed by atoms with Crippen molar-refractivity contribution in [2.75, 3.05) is 7.05 Å². The van der Waals surface area contributed by atoms with Crippen molar-refractivity contribution in [3.8, 4) is 0 Å². The third-order valence-electron chi connectivity index (χ3n) is 3.86. The zero-order valence-corrected chi connectivity index (χ0v) is 12.5. The predicted molar refractivity (Wildman–Crippen MR) is 84.2 cm³/mol. The second-order valence-electron chi connectivity index (χ2n) is 5.27. The SMILES string of the molecule is CCCn1c(CC(NC)c2ccoc2)nc2ccccc21. The van der Waals surface area contributed by atoms with E-state index in [-0.39, 0.29) is 6.04 Å². The van der Waals surface area contributed by atoms with Crippen molar-refractivity contribution >= 4 is 11.0 Å². The Morgan fingerprint density at radius 2 is 2.14 bits per heavy atom. The summed E-state index contributed by atoms with van der Waals surface area (Å²) in [6.07, 6.45) is 5.47. The van der Waals surface area contributed by atoms with Gasteiger partial charge in [-0.2, -0.15) is 0 Å². The van der Waals surface area contributed by atoms with Crippen LogP contribution in [0.4, 0.5) is 0 Å². The van der Waals surface area contributed by atoms with Crippen LogP contribution in [-0.4, -0.2) is 16.6 Å². The van der Waals surface area contributed by atoms with Gasteiger partial charge in [-0.05, 0) is 31.7 Å². The quantitative estimate of drug-likeness (QED) is 0.752. The zero-order valence-electron chi connectivity index (χ0n) is 12.5. The molecule has 1 N–H and O–H groups in total. The van der Waals surface area contributed by atoms with E-state index in [0.717, 1.165) is 36.3 Å². The summed E-state index contributed by atoms with van der Waals surface area (Å²) >= 11 is 0. The number of likely N-dealkylation sites (N-methyl/N-ethyl adjacent to an activating group) is 1. The van der Waals surface area contributed by atoms with Crippen LogP contribution in [0.15, 0.2) is 47.3 Å². The number of imidazole rings is 1. The lowest BCUT2D eigenvalue weighted by molar-refractivity contribution is 0.526. The second-order valence-corrected chi connectivity index (χ2v) is 5.27. The van der Waals surface area contributed by atoms with Crippen molar-refractivity contribution in [1.29, 1.82) is 0 Å². The van der Waals surface area contributed by atoms with Crippen molar-refractivity contribution in [3.05, 3.63) is 54.2 Å². The fraction of sp³-hybridized carbons (Fsp3) is 0.353. The predicted octanol–water partition coefficient (Wildman–Crippen LogP) is 3.54. The Bertz CT molecular complexity index is 700. The van der Waals surface area contributed by atoms with Gasteiger partial charge in [0, 0.05) is 24.6 Å². The molecule has 1 atom stereocenters. The number of fused-ring (bicyclic) bond motifs is 1. The summed E-state index contributed by atoms with van der Waals surface area (Å²) in [5.41, 5.74) is 3.45. The van der Waals surface area contributed by atoms with E-state index in [1.807, 2.05) is 19.2 Å². The second kappa shape index (κ2) is 6.14. The lowest BCUT2D eigenvalue weighted by Crippen LogP contribution is -2.20. The van der Waals surface area contributed by atoms with Crippen LogP contribution in [0.5, 0.6) is 0 Å². The van der Waals surface area contributed by atoms with Gasteiger partial charge in [-0.15, -0.1) is 0 Å². The Hall–Kier alpha value is -2.07. The van der Waals surface area contributed by atoms with Gasteiger partial charge in [0.25, 0.3) is 0 Å². The summed E-state index contributed by atoms with van der Waals surface area (Å²) in [6, 6.07) is 10.6. The highest BCUT2D eigenvalue weighted by Gasteiger charge is 2.17. The van der Waals surface area contributed by atoms with Crippen LogP contribution in [0.2, 0.25) is 0 Å². The third kappa shape index (κ3) is 2.72. The van der Waals surface area contributed by atoms with E-state index in [1.54, 1.807) is 12.5 Å². The number of aromatic nitrogens is 2. The number of nitrogens with zero attached hydrogens (tertiary/aromatic N) is 2. The highest BCUT2D eigenvalue weighted by molar-refractivity contribution is 5.75. The molecule has 0 saturated carbocycles. The number of furan rings is 1.